The number of nitrogens with zero attached hydrogens (tertiary/aromatic N) is 1. The molecule has 0 aromatic heterocycles. The van der Waals surface area contributed by atoms with Gasteiger partial charge in [0.15, 0.2) is 0 Å². The monoisotopic (exact) mass is 263 g/mol. The standard InChI is InChI=1S/C12H9NO6/c1-19-12(16)9-5-8(3-2-4-11(14)15)6-10(7-9)13(17)18/h5-7H,4H2,1H3,(H,14,15). The molecule has 98 valence electrons. The van der Waals surface area contributed by atoms with Crippen molar-refractivity contribution in [2.75, 3.05) is 7.11 Å². The second kappa shape index (κ2) is 6.16. The van der Waals surface area contributed by atoms with Crippen molar-refractivity contribution < 1.29 is 24.4 Å². The van der Waals surface area contributed by atoms with Gasteiger partial charge in [0.2, 0.25) is 0 Å². The van der Waals surface area contributed by atoms with Gasteiger partial charge in [-0.1, -0.05) is 11.8 Å². The van der Waals surface area contributed by atoms with Crippen LogP contribution in [0.1, 0.15) is 22.3 Å². The lowest BCUT2D eigenvalue weighted by molar-refractivity contribution is -0.384. The van der Waals surface area contributed by atoms with E-state index in [0.717, 1.165) is 19.2 Å². The number of methoxy groups -OCH3 is 1. The molecule has 7 nitrogen and oxygen atoms in total. The van der Waals surface area contributed by atoms with Gasteiger partial charge >= 0.3 is 11.9 Å². The molecule has 0 saturated carbocycles. The third kappa shape index (κ3) is 4.12. The molecule has 0 saturated heterocycles. The maximum Gasteiger partial charge on any atom is 0.338 e. The molecule has 0 unspecified atom stereocenters. The number of benzene rings is 1. The zero-order valence-electron chi connectivity index (χ0n) is 9.87. The molecular weight excluding hydrogens is 254 g/mol. The van der Waals surface area contributed by atoms with Gasteiger partial charge in [-0.05, 0) is 6.07 Å². The van der Waals surface area contributed by atoms with Gasteiger partial charge in [-0.15, -0.1) is 0 Å². The highest BCUT2D eigenvalue weighted by molar-refractivity contribution is 5.90. The van der Waals surface area contributed by atoms with Crippen LogP contribution in [0.15, 0.2) is 18.2 Å². The van der Waals surface area contributed by atoms with Gasteiger partial charge in [0.25, 0.3) is 5.69 Å². The zero-order valence-corrected chi connectivity index (χ0v) is 9.87. The Labute approximate surface area is 108 Å². The zero-order chi connectivity index (χ0) is 14.4. The molecule has 1 aromatic rings. The summed E-state index contributed by atoms with van der Waals surface area (Å²) < 4.78 is 4.46. The lowest BCUT2D eigenvalue weighted by Gasteiger charge is -2.00. The highest BCUT2D eigenvalue weighted by Crippen LogP contribution is 2.17. The normalized spacial score (nSPS) is 9.11. The van der Waals surface area contributed by atoms with Crippen LogP contribution in [-0.4, -0.2) is 29.1 Å². The molecule has 0 spiro atoms. The van der Waals surface area contributed by atoms with E-state index in [0.29, 0.717) is 0 Å². The predicted molar refractivity (Wildman–Crippen MR) is 63.6 cm³/mol. The van der Waals surface area contributed by atoms with Crippen molar-refractivity contribution in [1.82, 2.24) is 0 Å². The number of hydrogen-bond acceptors (Lipinski definition) is 5. The van der Waals surface area contributed by atoms with E-state index in [2.05, 4.69) is 16.6 Å². The number of carbonyl (C=O) groups is 2. The second-order valence-corrected chi connectivity index (χ2v) is 3.39. The van der Waals surface area contributed by atoms with E-state index in [4.69, 9.17) is 5.11 Å². The van der Waals surface area contributed by atoms with Gasteiger partial charge in [-0.2, -0.15) is 0 Å². The topological polar surface area (TPSA) is 107 Å². The molecule has 0 fully saturated rings. The number of nitro groups is 1. The maximum atomic E-state index is 11.3. The summed E-state index contributed by atoms with van der Waals surface area (Å²) in [7, 11) is 1.15. The lowest BCUT2D eigenvalue weighted by Crippen LogP contribution is -2.03. The summed E-state index contributed by atoms with van der Waals surface area (Å²) in [5, 5.41) is 19.1. The van der Waals surface area contributed by atoms with Crippen LogP contribution in [0.3, 0.4) is 0 Å². The number of aliphatic carboxylic acids is 1. The predicted octanol–water partition coefficient (Wildman–Crippen LogP) is 1.21. The number of carbonyl (C=O) groups excluding carboxylic acids is 1. The van der Waals surface area contributed by atoms with Crippen molar-refractivity contribution in [2.24, 2.45) is 0 Å². The number of carboxylic acid groups (broad SMARTS) is 1. The molecule has 0 aliphatic carbocycles. The second-order valence-electron chi connectivity index (χ2n) is 3.39. The van der Waals surface area contributed by atoms with Crippen LogP contribution in [0.25, 0.3) is 0 Å². The SMILES string of the molecule is COC(=O)c1cc(C#CCC(=O)O)cc([N+](=O)[O-])c1. The third-order valence-electron chi connectivity index (χ3n) is 2.02. The molecule has 1 rings (SSSR count). The highest BCUT2D eigenvalue weighted by Gasteiger charge is 2.14. The molecule has 1 N–H and O–H groups in total. The Morgan fingerprint density at radius 1 is 1.42 bits per heavy atom. The summed E-state index contributed by atoms with van der Waals surface area (Å²) in [5.41, 5.74) is -0.158. The minimum absolute atomic E-state index is 0.0173. The molecule has 7 heteroatoms. The molecule has 0 aliphatic rings. The van der Waals surface area contributed by atoms with E-state index in [1.54, 1.807) is 0 Å². The van der Waals surface area contributed by atoms with Crippen LogP contribution in [-0.2, 0) is 9.53 Å². The van der Waals surface area contributed by atoms with Crippen molar-refractivity contribution >= 4 is 17.6 Å². The average Bonchev–Trinajstić information content (AvgIpc) is 2.37. The minimum Gasteiger partial charge on any atom is -0.481 e. The van der Waals surface area contributed by atoms with Crippen LogP contribution < -0.4 is 0 Å². The average molecular weight is 263 g/mol. The Morgan fingerprint density at radius 3 is 2.63 bits per heavy atom. The highest BCUT2D eigenvalue weighted by atomic mass is 16.6. The number of non-ortho nitro benzene ring substituents is 1. The third-order valence-corrected chi connectivity index (χ3v) is 2.02. The van der Waals surface area contributed by atoms with Gasteiger partial charge in [-0.3, -0.25) is 14.9 Å². The minimum atomic E-state index is -1.11. The summed E-state index contributed by atoms with van der Waals surface area (Å²) in [6, 6.07) is 3.52. The van der Waals surface area contributed by atoms with E-state index in [1.165, 1.54) is 6.07 Å². The molecule has 0 atom stereocenters. The van der Waals surface area contributed by atoms with Crippen molar-refractivity contribution in [3.63, 3.8) is 0 Å². The molecule has 0 heterocycles. The van der Waals surface area contributed by atoms with Gasteiger partial charge < -0.3 is 9.84 Å². The fraction of sp³-hybridized carbons (Fsp3) is 0.167. The van der Waals surface area contributed by atoms with Gasteiger partial charge in [-0.25, -0.2) is 4.79 Å². The number of carboxylic acids is 1. The van der Waals surface area contributed by atoms with Crippen LogP contribution in [0.2, 0.25) is 0 Å². The lowest BCUT2D eigenvalue weighted by atomic mass is 10.1. The van der Waals surface area contributed by atoms with E-state index >= 15 is 0 Å². The van der Waals surface area contributed by atoms with Crippen molar-refractivity contribution in [3.8, 4) is 11.8 Å². The molecule has 0 radical (unpaired) electrons. The summed E-state index contributed by atoms with van der Waals surface area (Å²) in [5.74, 6) is 2.94. The Bertz CT molecular complexity index is 596. The Morgan fingerprint density at radius 2 is 2.11 bits per heavy atom. The first kappa shape index (κ1) is 14.2. The Balaban J connectivity index is 3.19. The maximum absolute atomic E-state index is 11.3. The first-order valence-electron chi connectivity index (χ1n) is 5.02. The largest absolute Gasteiger partial charge is 0.481 e. The van der Waals surface area contributed by atoms with Crippen LogP contribution >= 0.6 is 0 Å². The van der Waals surface area contributed by atoms with Gasteiger partial charge in [0, 0.05) is 17.7 Å². The van der Waals surface area contributed by atoms with Gasteiger partial charge in [0.05, 0.1) is 17.6 Å². The van der Waals surface area contributed by atoms with Gasteiger partial charge in [0.1, 0.15) is 6.42 Å². The fourth-order valence-corrected chi connectivity index (χ4v) is 1.25. The summed E-state index contributed by atoms with van der Waals surface area (Å²) >= 11 is 0. The quantitative estimate of drug-likeness (QED) is 0.380. The van der Waals surface area contributed by atoms with E-state index in [1.807, 2.05) is 0 Å². The van der Waals surface area contributed by atoms with E-state index in [-0.39, 0.29) is 16.8 Å². The van der Waals surface area contributed by atoms with Crippen molar-refractivity contribution in [3.05, 3.63) is 39.4 Å². The van der Waals surface area contributed by atoms with Crippen LogP contribution in [0, 0.1) is 22.0 Å². The first-order chi connectivity index (χ1) is 8.93. The smallest absolute Gasteiger partial charge is 0.338 e. The molecule has 0 aliphatic heterocycles. The Hall–Kier alpha value is -2.88. The fourth-order valence-electron chi connectivity index (χ4n) is 1.25. The molecule has 0 bridgehead atoms. The first-order valence-corrected chi connectivity index (χ1v) is 5.02. The number of nitro benzene ring substituents is 1. The summed E-state index contributed by atoms with van der Waals surface area (Å²) in [6.45, 7) is 0. The molecular formula is C12H9NO6. The molecule has 1 aromatic carbocycles. The number of esters is 1. The Kier molecular flexibility index (Phi) is 4.60. The molecule has 19 heavy (non-hydrogen) atoms. The van der Waals surface area contributed by atoms with Crippen molar-refractivity contribution in [1.29, 1.82) is 0 Å². The van der Waals surface area contributed by atoms with Crippen molar-refractivity contribution in [2.45, 2.75) is 6.42 Å². The van der Waals surface area contributed by atoms with Crippen LogP contribution in [0.5, 0.6) is 0 Å². The number of hydrogen-bond donors (Lipinski definition) is 1. The van der Waals surface area contributed by atoms with Crippen LogP contribution in [0.4, 0.5) is 5.69 Å². The summed E-state index contributed by atoms with van der Waals surface area (Å²) in [4.78, 5) is 31.7. The molecule has 0 amide bonds. The van der Waals surface area contributed by atoms with E-state index in [9.17, 15) is 19.7 Å². The van der Waals surface area contributed by atoms with E-state index < -0.39 is 23.3 Å². The number of rotatable bonds is 3. The number of ether oxygens (including phenoxy) is 1. The summed E-state index contributed by atoms with van der Waals surface area (Å²) in [6.07, 6.45) is -0.393.